The molecule has 0 fully saturated rings. The zero-order valence-corrected chi connectivity index (χ0v) is 12.8. The normalized spacial score (nSPS) is 11.6. The van der Waals surface area contributed by atoms with Gasteiger partial charge in [-0.1, -0.05) is 0 Å². The number of hydrogen-bond acceptors (Lipinski definition) is 5. The summed E-state index contributed by atoms with van der Waals surface area (Å²) in [7, 11) is 3.86. The fourth-order valence-corrected chi connectivity index (χ4v) is 2.62. The molecule has 0 saturated heterocycles. The van der Waals surface area contributed by atoms with E-state index in [-0.39, 0.29) is 0 Å². The highest BCUT2D eigenvalue weighted by molar-refractivity contribution is 7.13. The van der Waals surface area contributed by atoms with Crippen molar-refractivity contribution in [2.75, 3.05) is 11.9 Å². The highest BCUT2D eigenvalue weighted by Crippen LogP contribution is 2.29. The molecule has 7 heteroatoms. The fraction of sp³-hybridized carbons (Fsp3) is 0.462. The van der Waals surface area contributed by atoms with Crippen LogP contribution in [0.3, 0.4) is 0 Å². The van der Waals surface area contributed by atoms with Gasteiger partial charge in [0.1, 0.15) is 11.2 Å². The molecule has 0 aliphatic rings. The van der Waals surface area contributed by atoms with Gasteiger partial charge in [-0.15, -0.1) is 11.3 Å². The van der Waals surface area contributed by atoms with E-state index in [0.717, 1.165) is 11.0 Å². The Morgan fingerprint density at radius 1 is 1.55 bits per heavy atom. The van der Waals surface area contributed by atoms with E-state index in [1.807, 2.05) is 29.8 Å². The number of carboxylic acid groups (broad SMARTS) is 1. The lowest BCUT2D eigenvalue weighted by Gasteiger charge is -2.17. The van der Waals surface area contributed by atoms with E-state index in [2.05, 4.69) is 9.97 Å². The summed E-state index contributed by atoms with van der Waals surface area (Å²) in [5.74, 6) is 0.0582. The maximum atomic E-state index is 11.2. The predicted molar refractivity (Wildman–Crippen MR) is 78.1 cm³/mol. The van der Waals surface area contributed by atoms with Crippen LogP contribution >= 0.6 is 11.3 Å². The molecule has 0 amide bonds. The number of aryl methyl sites for hydroxylation is 1. The van der Waals surface area contributed by atoms with Crippen LogP contribution in [-0.2, 0) is 23.8 Å². The van der Waals surface area contributed by atoms with Crippen LogP contribution in [0.25, 0.3) is 0 Å². The number of rotatable bonds is 5. The Bertz CT molecular complexity index is 617. The molecule has 2 aromatic rings. The molecule has 1 N–H and O–H groups in total. The summed E-state index contributed by atoms with van der Waals surface area (Å²) in [6.45, 7) is 3.95. The lowest BCUT2D eigenvalue weighted by molar-refractivity contribution is -0.142. The molecule has 6 nitrogen and oxygen atoms in total. The maximum Gasteiger partial charge on any atom is 0.315 e. The lowest BCUT2D eigenvalue weighted by atomic mass is 9.90. The van der Waals surface area contributed by atoms with Crippen molar-refractivity contribution in [1.29, 1.82) is 0 Å². The van der Waals surface area contributed by atoms with Gasteiger partial charge < -0.3 is 14.6 Å². The van der Waals surface area contributed by atoms with E-state index in [1.165, 1.54) is 11.3 Å². The molecule has 0 spiro atoms. The Morgan fingerprint density at radius 2 is 2.25 bits per heavy atom. The van der Waals surface area contributed by atoms with Crippen molar-refractivity contribution in [3.05, 3.63) is 29.3 Å². The van der Waals surface area contributed by atoms with Crippen LogP contribution in [-0.4, -0.2) is 32.7 Å². The van der Waals surface area contributed by atoms with E-state index >= 15 is 0 Å². The van der Waals surface area contributed by atoms with Crippen molar-refractivity contribution in [1.82, 2.24) is 14.5 Å². The Hall–Kier alpha value is -1.89. The second kappa shape index (κ2) is 5.24. The molecule has 0 aliphatic heterocycles. The van der Waals surface area contributed by atoms with E-state index in [4.69, 9.17) is 0 Å². The highest BCUT2D eigenvalue weighted by Gasteiger charge is 2.32. The molecule has 0 aromatic carbocycles. The van der Waals surface area contributed by atoms with Crippen molar-refractivity contribution in [3.63, 3.8) is 0 Å². The monoisotopic (exact) mass is 294 g/mol. The summed E-state index contributed by atoms with van der Waals surface area (Å²) < 4.78 is 1.95. The molecule has 2 rings (SSSR count). The minimum Gasteiger partial charge on any atom is -0.481 e. The van der Waals surface area contributed by atoms with Crippen molar-refractivity contribution < 1.29 is 9.90 Å². The first-order valence-electron chi connectivity index (χ1n) is 6.19. The van der Waals surface area contributed by atoms with Crippen LogP contribution < -0.4 is 4.90 Å². The van der Waals surface area contributed by atoms with Gasteiger partial charge in [-0.05, 0) is 13.8 Å². The van der Waals surface area contributed by atoms with Crippen molar-refractivity contribution in [2.24, 2.45) is 7.05 Å². The summed E-state index contributed by atoms with van der Waals surface area (Å²) >= 11 is 1.44. The molecule has 0 aliphatic carbocycles. The molecular formula is C13H18N4O2S. The number of anilines is 1. The van der Waals surface area contributed by atoms with Crippen molar-refractivity contribution in [3.8, 4) is 0 Å². The number of carbonyl (C=O) groups is 1. The number of aliphatic carboxylic acids is 1. The molecule has 20 heavy (non-hydrogen) atoms. The molecule has 0 atom stereocenters. The third kappa shape index (κ3) is 2.67. The Morgan fingerprint density at radius 3 is 2.80 bits per heavy atom. The van der Waals surface area contributed by atoms with E-state index in [0.29, 0.717) is 12.2 Å². The van der Waals surface area contributed by atoms with Crippen LogP contribution in [0.4, 0.5) is 5.13 Å². The first-order valence-corrected chi connectivity index (χ1v) is 7.07. The number of hydrogen-bond donors (Lipinski definition) is 1. The predicted octanol–water partition coefficient (Wildman–Crippen LogP) is 1.88. The Labute approximate surface area is 121 Å². The first-order chi connectivity index (χ1) is 9.32. The molecule has 0 radical (unpaired) electrons. The van der Waals surface area contributed by atoms with Crippen LogP contribution in [0.5, 0.6) is 0 Å². The van der Waals surface area contributed by atoms with Crippen molar-refractivity contribution in [2.45, 2.75) is 25.8 Å². The van der Waals surface area contributed by atoms with Gasteiger partial charge in [-0.2, -0.15) is 0 Å². The Balaban J connectivity index is 2.17. The standard InChI is InChI=1S/C13H18N4O2S/c1-13(2,11(18)19)9-8-20-12(15-9)17(4)7-10-14-5-6-16(10)3/h5-6,8H,7H2,1-4H3,(H,18,19). The zero-order chi connectivity index (χ0) is 14.9. The van der Waals surface area contributed by atoms with Crippen LogP contribution in [0.15, 0.2) is 17.8 Å². The molecule has 0 unspecified atom stereocenters. The smallest absolute Gasteiger partial charge is 0.315 e. The number of carboxylic acids is 1. The molecular weight excluding hydrogens is 276 g/mol. The second-order valence-corrected chi connectivity index (χ2v) is 6.09. The molecule has 108 valence electrons. The van der Waals surface area contributed by atoms with E-state index in [9.17, 15) is 9.90 Å². The van der Waals surface area contributed by atoms with Gasteiger partial charge in [-0.3, -0.25) is 4.79 Å². The van der Waals surface area contributed by atoms with Gasteiger partial charge in [0.2, 0.25) is 0 Å². The van der Waals surface area contributed by atoms with Gasteiger partial charge in [0, 0.05) is 31.9 Å². The average Bonchev–Trinajstić information content (AvgIpc) is 2.99. The summed E-state index contributed by atoms with van der Waals surface area (Å²) in [5.41, 5.74) is -0.393. The molecule has 2 aromatic heterocycles. The zero-order valence-electron chi connectivity index (χ0n) is 12.0. The van der Waals surface area contributed by atoms with Gasteiger partial charge in [0.25, 0.3) is 0 Å². The summed E-state index contributed by atoms with van der Waals surface area (Å²) in [4.78, 5) is 21.9. The lowest BCUT2D eigenvalue weighted by Crippen LogP contribution is -2.29. The third-order valence-corrected chi connectivity index (χ3v) is 4.25. The van der Waals surface area contributed by atoms with Gasteiger partial charge >= 0.3 is 5.97 Å². The Kier molecular flexibility index (Phi) is 3.80. The minimum atomic E-state index is -0.973. The maximum absolute atomic E-state index is 11.2. The quantitative estimate of drug-likeness (QED) is 0.911. The van der Waals surface area contributed by atoms with Gasteiger partial charge in [0.05, 0.1) is 12.2 Å². The fourth-order valence-electron chi connectivity index (χ4n) is 1.66. The summed E-state index contributed by atoms with van der Waals surface area (Å²) in [5, 5.41) is 11.8. The SMILES string of the molecule is CN(Cc1nccn1C)c1nc(C(C)(C)C(=O)O)cs1. The number of aromatic nitrogens is 3. The van der Waals surface area contributed by atoms with Crippen molar-refractivity contribution >= 4 is 22.4 Å². The minimum absolute atomic E-state index is 0.580. The van der Waals surface area contributed by atoms with Crippen LogP contribution in [0, 0.1) is 0 Å². The van der Waals surface area contributed by atoms with Gasteiger partial charge in [0.15, 0.2) is 5.13 Å². The average molecular weight is 294 g/mol. The molecule has 0 saturated carbocycles. The largest absolute Gasteiger partial charge is 0.481 e. The van der Waals surface area contributed by atoms with Gasteiger partial charge in [-0.25, -0.2) is 9.97 Å². The summed E-state index contributed by atoms with van der Waals surface area (Å²) in [6.07, 6.45) is 3.65. The van der Waals surface area contributed by atoms with E-state index < -0.39 is 11.4 Å². The first kappa shape index (κ1) is 14.5. The third-order valence-electron chi connectivity index (χ3n) is 3.29. The number of thiazole rings is 1. The number of nitrogens with zero attached hydrogens (tertiary/aromatic N) is 4. The summed E-state index contributed by atoms with van der Waals surface area (Å²) in [6, 6.07) is 0. The molecule has 2 heterocycles. The highest BCUT2D eigenvalue weighted by atomic mass is 32.1. The second-order valence-electron chi connectivity index (χ2n) is 5.26. The van der Waals surface area contributed by atoms with Crippen LogP contribution in [0.2, 0.25) is 0 Å². The van der Waals surface area contributed by atoms with E-state index in [1.54, 1.807) is 25.4 Å². The number of imidazole rings is 1. The molecule has 0 bridgehead atoms. The topological polar surface area (TPSA) is 71.2 Å². The van der Waals surface area contributed by atoms with Crippen LogP contribution in [0.1, 0.15) is 25.4 Å².